The summed E-state index contributed by atoms with van der Waals surface area (Å²) in [5.74, 6) is -0.149. The van der Waals surface area contributed by atoms with Crippen molar-refractivity contribution >= 4 is 11.9 Å². The molecular weight excluding hydrogens is 370 g/mol. The number of methoxy groups -OCH3 is 1. The SMILES string of the molecule is COC(=O)C(Cc1ccccc1)NC(=O)c1cn(CCOc2ccccc2)cn1. The molecule has 3 rings (SSSR count). The summed E-state index contributed by atoms with van der Waals surface area (Å²) in [7, 11) is 1.30. The molecule has 1 aromatic heterocycles. The van der Waals surface area contributed by atoms with Gasteiger partial charge in [-0.05, 0) is 17.7 Å². The molecule has 7 heteroatoms. The van der Waals surface area contributed by atoms with Gasteiger partial charge in [0.2, 0.25) is 0 Å². The van der Waals surface area contributed by atoms with Crippen molar-refractivity contribution in [1.29, 1.82) is 0 Å². The van der Waals surface area contributed by atoms with E-state index in [1.807, 2.05) is 60.7 Å². The van der Waals surface area contributed by atoms with Crippen molar-refractivity contribution in [3.8, 4) is 5.75 Å². The van der Waals surface area contributed by atoms with Crippen LogP contribution in [0.1, 0.15) is 16.1 Å². The van der Waals surface area contributed by atoms with Gasteiger partial charge in [-0.1, -0.05) is 48.5 Å². The predicted molar refractivity (Wildman–Crippen MR) is 108 cm³/mol. The number of aromatic nitrogens is 2. The molecule has 2 aromatic carbocycles. The molecule has 0 aliphatic carbocycles. The van der Waals surface area contributed by atoms with E-state index in [1.165, 1.54) is 7.11 Å². The highest BCUT2D eigenvalue weighted by atomic mass is 16.5. The molecule has 29 heavy (non-hydrogen) atoms. The number of rotatable bonds is 9. The molecular formula is C22H23N3O4. The van der Waals surface area contributed by atoms with Crippen LogP contribution in [0.4, 0.5) is 0 Å². The van der Waals surface area contributed by atoms with Crippen LogP contribution < -0.4 is 10.1 Å². The molecule has 1 N–H and O–H groups in total. The molecule has 0 aliphatic rings. The van der Waals surface area contributed by atoms with Crippen molar-refractivity contribution in [2.45, 2.75) is 19.0 Å². The average Bonchev–Trinajstić information content (AvgIpc) is 3.23. The average molecular weight is 393 g/mol. The number of nitrogens with one attached hydrogen (secondary N) is 1. The van der Waals surface area contributed by atoms with Crippen LogP contribution in [0.3, 0.4) is 0 Å². The quantitative estimate of drug-likeness (QED) is 0.565. The molecule has 1 amide bonds. The van der Waals surface area contributed by atoms with E-state index in [0.29, 0.717) is 19.6 Å². The number of hydrogen-bond acceptors (Lipinski definition) is 5. The van der Waals surface area contributed by atoms with E-state index in [4.69, 9.17) is 9.47 Å². The molecule has 0 saturated heterocycles. The Balaban J connectivity index is 1.56. The molecule has 1 heterocycles. The van der Waals surface area contributed by atoms with Crippen molar-refractivity contribution < 1.29 is 19.1 Å². The zero-order chi connectivity index (χ0) is 20.5. The molecule has 0 fully saturated rings. The molecule has 150 valence electrons. The second-order valence-electron chi connectivity index (χ2n) is 6.40. The maximum atomic E-state index is 12.5. The normalized spacial score (nSPS) is 11.5. The number of esters is 1. The van der Waals surface area contributed by atoms with Gasteiger partial charge in [0.1, 0.15) is 24.1 Å². The van der Waals surface area contributed by atoms with Crippen LogP contribution in [-0.2, 0) is 22.5 Å². The lowest BCUT2D eigenvalue weighted by atomic mass is 10.1. The molecule has 7 nitrogen and oxygen atoms in total. The van der Waals surface area contributed by atoms with Gasteiger partial charge in [0.25, 0.3) is 5.91 Å². The molecule has 1 atom stereocenters. The zero-order valence-electron chi connectivity index (χ0n) is 16.2. The van der Waals surface area contributed by atoms with Gasteiger partial charge in [0.15, 0.2) is 0 Å². The fourth-order valence-corrected chi connectivity index (χ4v) is 2.80. The van der Waals surface area contributed by atoms with Gasteiger partial charge in [0, 0.05) is 12.6 Å². The first-order valence-corrected chi connectivity index (χ1v) is 9.28. The zero-order valence-corrected chi connectivity index (χ0v) is 16.2. The summed E-state index contributed by atoms with van der Waals surface area (Å²) in [6, 6.07) is 18.1. The lowest BCUT2D eigenvalue weighted by molar-refractivity contribution is -0.142. The highest BCUT2D eigenvalue weighted by molar-refractivity contribution is 5.95. The summed E-state index contributed by atoms with van der Waals surface area (Å²) in [5, 5.41) is 2.71. The fraction of sp³-hybridized carbons (Fsp3) is 0.227. The van der Waals surface area contributed by atoms with Crippen LogP contribution in [0.2, 0.25) is 0 Å². The van der Waals surface area contributed by atoms with E-state index < -0.39 is 17.9 Å². The summed E-state index contributed by atoms with van der Waals surface area (Å²) in [5.41, 5.74) is 1.15. The summed E-state index contributed by atoms with van der Waals surface area (Å²) < 4.78 is 12.2. The number of amides is 1. The number of carbonyl (C=O) groups excluding carboxylic acids is 2. The highest BCUT2D eigenvalue weighted by Gasteiger charge is 2.23. The van der Waals surface area contributed by atoms with Gasteiger partial charge in [-0.3, -0.25) is 4.79 Å². The Labute approximate surface area is 169 Å². The van der Waals surface area contributed by atoms with E-state index in [0.717, 1.165) is 11.3 Å². The summed E-state index contributed by atoms with van der Waals surface area (Å²) in [6.07, 6.45) is 3.53. The van der Waals surface area contributed by atoms with Gasteiger partial charge in [-0.15, -0.1) is 0 Å². The Morgan fingerprint density at radius 2 is 1.76 bits per heavy atom. The third-order valence-corrected chi connectivity index (χ3v) is 4.30. The summed E-state index contributed by atoms with van der Waals surface area (Å²) in [6.45, 7) is 0.986. The molecule has 0 bridgehead atoms. The second kappa shape index (κ2) is 10.1. The lowest BCUT2D eigenvalue weighted by Gasteiger charge is -2.16. The van der Waals surface area contributed by atoms with Gasteiger partial charge in [-0.2, -0.15) is 0 Å². The van der Waals surface area contributed by atoms with E-state index >= 15 is 0 Å². The van der Waals surface area contributed by atoms with Gasteiger partial charge in [0.05, 0.1) is 20.0 Å². The van der Waals surface area contributed by atoms with Crippen LogP contribution in [0.25, 0.3) is 0 Å². The van der Waals surface area contributed by atoms with Crippen LogP contribution in [-0.4, -0.2) is 41.2 Å². The van der Waals surface area contributed by atoms with Crippen LogP contribution in [0, 0.1) is 0 Å². The first-order chi connectivity index (χ1) is 14.2. The minimum atomic E-state index is -0.790. The number of imidazole rings is 1. The smallest absolute Gasteiger partial charge is 0.328 e. The van der Waals surface area contributed by atoms with E-state index in [-0.39, 0.29) is 5.69 Å². The predicted octanol–water partition coefficient (Wildman–Crippen LogP) is 2.48. The Hall–Kier alpha value is -3.61. The third kappa shape index (κ3) is 5.93. The number of benzene rings is 2. The molecule has 1 unspecified atom stereocenters. The van der Waals surface area contributed by atoms with Crippen molar-refractivity contribution in [2.75, 3.05) is 13.7 Å². The van der Waals surface area contributed by atoms with Crippen molar-refractivity contribution in [3.63, 3.8) is 0 Å². The van der Waals surface area contributed by atoms with Crippen LogP contribution in [0.15, 0.2) is 73.2 Å². The lowest BCUT2D eigenvalue weighted by Crippen LogP contribution is -2.43. The fourth-order valence-electron chi connectivity index (χ4n) is 2.80. The molecule has 0 saturated carbocycles. The van der Waals surface area contributed by atoms with Gasteiger partial charge < -0.3 is 19.4 Å². The largest absolute Gasteiger partial charge is 0.492 e. The van der Waals surface area contributed by atoms with Gasteiger partial charge >= 0.3 is 5.97 Å². The van der Waals surface area contributed by atoms with Crippen LogP contribution in [0.5, 0.6) is 5.75 Å². The highest BCUT2D eigenvalue weighted by Crippen LogP contribution is 2.09. The molecule has 0 radical (unpaired) electrons. The van der Waals surface area contributed by atoms with Crippen molar-refractivity contribution in [2.24, 2.45) is 0 Å². The number of carbonyl (C=O) groups is 2. The van der Waals surface area contributed by atoms with Crippen LogP contribution >= 0.6 is 0 Å². The topological polar surface area (TPSA) is 82.5 Å². The van der Waals surface area contributed by atoms with E-state index in [9.17, 15) is 9.59 Å². The van der Waals surface area contributed by atoms with Crippen molar-refractivity contribution in [3.05, 3.63) is 84.4 Å². The number of para-hydroxylation sites is 1. The monoisotopic (exact) mass is 393 g/mol. The standard InChI is InChI=1S/C22H23N3O4/c1-28-22(27)19(14-17-8-4-2-5-9-17)24-21(26)20-15-25(16-23-20)12-13-29-18-10-6-3-7-11-18/h2-11,15-16,19H,12-14H2,1H3,(H,24,26). The van der Waals surface area contributed by atoms with Gasteiger partial charge in [-0.25, -0.2) is 9.78 Å². The Morgan fingerprint density at radius 3 is 2.45 bits per heavy atom. The third-order valence-electron chi connectivity index (χ3n) is 4.30. The Morgan fingerprint density at radius 1 is 1.07 bits per heavy atom. The Kier molecular flexibility index (Phi) is 7.00. The van der Waals surface area contributed by atoms with Crippen molar-refractivity contribution in [1.82, 2.24) is 14.9 Å². The maximum absolute atomic E-state index is 12.5. The number of ether oxygens (including phenoxy) is 2. The van der Waals surface area contributed by atoms with E-state index in [1.54, 1.807) is 17.1 Å². The number of nitrogens with zero attached hydrogens (tertiary/aromatic N) is 2. The minimum Gasteiger partial charge on any atom is -0.492 e. The second-order valence-corrected chi connectivity index (χ2v) is 6.40. The first kappa shape index (κ1) is 20.1. The number of hydrogen-bond donors (Lipinski definition) is 1. The summed E-state index contributed by atoms with van der Waals surface area (Å²) >= 11 is 0. The first-order valence-electron chi connectivity index (χ1n) is 9.28. The molecule has 0 spiro atoms. The minimum absolute atomic E-state index is 0.228. The summed E-state index contributed by atoms with van der Waals surface area (Å²) in [4.78, 5) is 28.8. The maximum Gasteiger partial charge on any atom is 0.328 e. The Bertz CT molecular complexity index is 926. The molecule has 0 aliphatic heterocycles. The molecule has 3 aromatic rings. The van der Waals surface area contributed by atoms with E-state index in [2.05, 4.69) is 10.3 Å².